The highest BCUT2D eigenvalue weighted by Gasteiger charge is 2.08. The molecule has 0 fully saturated rings. The summed E-state index contributed by atoms with van der Waals surface area (Å²) in [5.41, 5.74) is 2.56. The fraction of sp³-hybridized carbons (Fsp3) is 0.571. The van der Waals surface area contributed by atoms with E-state index in [1.54, 1.807) is 7.11 Å². The van der Waals surface area contributed by atoms with Crippen molar-refractivity contribution in [2.24, 2.45) is 0 Å². The van der Waals surface area contributed by atoms with E-state index in [0.717, 1.165) is 19.6 Å². The summed E-state index contributed by atoms with van der Waals surface area (Å²) in [6, 6.07) is 8.78. The largest absolute Gasteiger partial charge is 0.385 e. The molecule has 1 rings (SSSR count). The first-order valence-corrected chi connectivity index (χ1v) is 6.08. The highest BCUT2D eigenvalue weighted by Crippen LogP contribution is 2.14. The summed E-state index contributed by atoms with van der Waals surface area (Å²) in [4.78, 5) is 0. The van der Waals surface area contributed by atoms with E-state index < -0.39 is 0 Å². The number of rotatable bonds is 8. The van der Waals surface area contributed by atoms with Crippen LogP contribution in [0.3, 0.4) is 0 Å². The van der Waals surface area contributed by atoms with Crippen molar-refractivity contribution < 1.29 is 9.47 Å². The number of ether oxygens (including phenoxy) is 2. The Balaban J connectivity index is 2.38. The normalized spacial score (nSPS) is 12.6. The van der Waals surface area contributed by atoms with Crippen LogP contribution >= 0.6 is 0 Å². The molecular weight excluding hydrogens is 214 g/mol. The van der Waals surface area contributed by atoms with Gasteiger partial charge in [0.05, 0.1) is 12.6 Å². The van der Waals surface area contributed by atoms with Crippen LogP contribution < -0.4 is 5.32 Å². The van der Waals surface area contributed by atoms with E-state index in [-0.39, 0.29) is 6.04 Å². The third-order valence-corrected chi connectivity index (χ3v) is 2.71. The van der Waals surface area contributed by atoms with Gasteiger partial charge in [-0.1, -0.05) is 29.8 Å². The van der Waals surface area contributed by atoms with Gasteiger partial charge in [0.15, 0.2) is 0 Å². The van der Waals surface area contributed by atoms with Crippen molar-refractivity contribution >= 4 is 0 Å². The van der Waals surface area contributed by atoms with Crippen molar-refractivity contribution in [3.8, 4) is 0 Å². The Morgan fingerprint density at radius 2 is 2.12 bits per heavy atom. The number of hydrogen-bond acceptors (Lipinski definition) is 3. The number of hydrogen-bond donors (Lipinski definition) is 1. The SMILES string of the molecule is CNC(COCCCOC)c1cccc(C)c1. The zero-order valence-corrected chi connectivity index (χ0v) is 11.0. The van der Waals surface area contributed by atoms with Crippen molar-refractivity contribution in [1.82, 2.24) is 5.32 Å². The molecule has 3 nitrogen and oxygen atoms in total. The minimum absolute atomic E-state index is 0.262. The topological polar surface area (TPSA) is 30.5 Å². The van der Waals surface area contributed by atoms with Crippen molar-refractivity contribution in [1.29, 1.82) is 0 Å². The van der Waals surface area contributed by atoms with Gasteiger partial charge in [-0.15, -0.1) is 0 Å². The molecule has 0 amide bonds. The maximum Gasteiger partial charge on any atom is 0.0661 e. The predicted molar refractivity (Wildman–Crippen MR) is 70.3 cm³/mol. The van der Waals surface area contributed by atoms with Gasteiger partial charge in [-0.3, -0.25) is 0 Å². The van der Waals surface area contributed by atoms with Crippen LogP contribution in [0.15, 0.2) is 24.3 Å². The molecule has 1 atom stereocenters. The van der Waals surface area contributed by atoms with Gasteiger partial charge in [0, 0.05) is 20.3 Å². The van der Waals surface area contributed by atoms with E-state index in [2.05, 4.69) is 36.5 Å². The third-order valence-electron chi connectivity index (χ3n) is 2.71. The van der Waals surface area contributed by atoms with Crippen molar-refractivity contribution in [2.45, 2.75) is 19.4 Å². The summed E-state index contributed by atoms with van der Waals surface area (Å²) in [5, 5.41) is 3.28. The molecule has 0 spiro atoms. The maximum absolute atomic E-state index is 5.64. The quantitative estimate of drug-likeness (QED) is 0.704. The lowest BCUT2D eigenvalue weighted by Crippen LogP contribution is -2.22. The lowest BCUT2D eigenvalue weighted by molar-refractivity contribution is 0.0889. The van der Waals surface area contributed by atoms with Crippen LogP contribution in [0.4, 0.5) is 0 Å². The first-order valence-electron chi connectivity index (χ1n) is 6.08. The van der Waals surface area contributed by atoms with Crippen LogP contribution in [-0.4, -0.2) is 34.0 Å². The minimum atomic E-state index is 0.262. The Morgan fingerprint density at radius 3 is 2.76 bits per heavy atom. The van der Waals surface area contributed by atoms with Crippen LogP contribution in [0.5, 0.6) is 0 Å². The summed E-state index contributed by atoms with van der Waals surface area (Å²) >= 11 is 0. The van der Waals surface area contributed by atoms with E-state index in [0.29, 0.717) is 6.61 Å². The first-order chi connectivity index (χ1) is 8.27. The molecule has 0 aliphatic heterocycles. The summed E-state index contributed by atoms with van der Waals surface area (Å²) < 4.78 is 10.6. The molecular formula is C14H23NO2. The maximum atomic E-state index is 5.64. The minimum Gasteiger partial charge on any atom is -0.385 e. The Kier molecular flexibility index (Phi) is 6.86. The van der Waals surface area contributed by atoms with E-state index in [9.17, 15) is 0 Å². The van der Waals surface area contributed by atoms with Gasteiger partial charge in [-0.25, -0.2) is 0 Å². The Bertz CT molecular complexity index is 315. The smallest absolute Gasteiger partial charge is 0.0661 e. The second kappa shape index (κ2) is 8.23. The van der Waals surface area contributed by atoms with E-state index >= 15 is 0 Å². The van der Waals surface area contributed by atoms with Crippen molar-refractivity contribution in [2.75, 3.05) is 34.0 Å². The molecule has 0 aliphatic rings. The predicted octanol–water partition coefficient (Wildman–Crippen LogP) is 2.31. The molecule has 1 aromatic carbocycles. The molecule has 0 bridgehead atoms. The van der Waals surface area contributed by atoms with Gasteiger partial charge >= 0.3 is 0 Å². The van der Waals surface area contributed by atoms with Gasteiger partial charge in [-0.05, 0) is 26.0 Å². The number of likely N-dealkylation sites (N-methyl/N-ethyl adjacent to an activating group) is 1. The average molecular weight is 237 g/mol. The zero-order chi connectivity index (χ0) is 12.5. The standard InChI is InChI=1S/C14H23NO2/c1-12-6-4-7-13(10-12)14(15-2)11-17-9-5-8-16-3/h4,6-7,10,14-15H,5,8-9,11H2,1-3H3. The van der Waals surface area contributed by atoms with Crippen molar-refractivity contribution in [3.05, 3.63) is 35.4 Å². The van der Waals surface area contributed by atoms with Crippen LogP contribution in [0.25, 0.3) is 0 Å². The number of aryl methyl sites for hydroxylation is 1. The molecule has 0 aliphatic carbocycles. The van der Waals surface area contributed by atoms with Gasteiger partial charge in [0.1, 0.15) is 0 Å². The molecule has 1 aromatic rings. The summed E-state index contributed by atoms with van der Waals surface area (Å²) in [6.45, 7) is 4.31. The fourth-order valence-electron chi connectivity index (χ4n) is 1.74. The van der Waals surface area contributed by atoms with Crippen LogP contribution in [0.1, 0.15) is 23.6 Å². The third kappa shape index (κ3) is 5.31. The Hall–Kier alpha value is -0.900. The van der Waals surface area contributed by atoms with Gasteiger partial charge in [0.25, 0.3) is 0 Å². The van der Waals surface area contributed by atoms with Crippen LogP contribution in [0, 0.1) is 6.92 Å². The molecule has 0 saturated heterocycles. The second-order valence-electron chi connectivity index (χ2n) is 4.18. The number of benzene rings is 1. The van der Waals surface area contributed by atoms with Crippen molar-refractivity contribution in [3.63, 3.8) is 0 Å². The molecule has 0 aromatic heterocycles. The highest BCUT2D eigenvalue weighted by molar-refractivity contribution is 5.25. The number of methoxy groups -OCH3 is 1. The van der Waals surface area contributed by atoms with E-state index in [1.807, 2.05) is 7.05 Å². The summed E-state index contributed by atoms with van der Waals surface area (Å²) in [7, 11) is 3.68. The lowest BCUT2D eigenvalue weighted by Gasteiger charge is -2.17. The summed E-state index contributed by atoms with van der Waals surface area (Å²) in [6.07, 6.45) is 0.945. The molecule has 17 heavy (non-hydrogen) atoms. The van der Waals surface area contributed by atoms with E-state index in [4.69, 9.17) is 9.47 Å². The Labute approximate surface area is 104 Å². The van der Waals surface area contributed by atoms with Gasteiger partial charge < -0.3 is 14.8 Å². The molecule has 1 unspecified atom stereocenters. The highest BCUT2D eigenvalue weighted by atomic mass is 16.5. The zero-order valence-electron chi connectivity index (χ0n) is 11.0. The number of nitrogens with one attached hydrogen (secondary N) is 1. The van der Waals surface area contributed by atoms with Gasteiger partial charge in [0.2, 0.25) is 0 Å². The molecule has 0 saturated carbocycles. The monoisotopic (exact) mass is 237 g/mol. The average Bonchev–Trinajstić information content (AvgIpc) is 2.34. The molecule has 0 radical (unpaired) electrons. The van der Waals surface area contributed by atoms with Gasteiger partial charge in [-0.2, -0.15) is 0 Å². The Morgan fingerprint density at radius 1 is 1.29 bits per heavy atom. The summed E-state index contributed by atoms with van der Waals surface area (Å²) in [5.74, 6) is 0. The first kappa shape index (κ1) is 14.2. The van der Waals surface area contributed by atoms with Crippen LogP contribution in [-0.2, 0) is 9.47 Å². The fourth-order valence-corrected chi connectivity index (χ4v) is 1.74. The second-order valence-corrected chi connectivity index (χ2v) is 4.18. The molecule has 1 N–H and O–H groups in total. The lowest BCUT2D eigenvalue weighted by atomic mass is 10.1. The molecule has 3 heteroatoms. The molecule has 96 valence electrons. The molecule has 0 heterocycles. The van der Waals surface area contributed by atoms with Crippen LogP contribution in [0.2, 0.25) is 0 Å². The van der Waals surface area contributed by atoms with E-state index in [1.165, 1.54) is 11.1 Å².